The number of aromatic nitrogens is 4. The lowest BCUT2D eigenvalue weighted by molar-refractivity contribution is 1.18. The van der Waals surface area contributed by atoms with Gasteiger partial charge in [0.1, 0.15) is 0 Å². The Labute approximate surface area is 344 Å². The van der Waals surface area contributed by atoms with Crippen molar-refractivity contribution in [3.05, 3.63) is 207 Å². The zero-order chi connectivity index (χ0) is 39.3. The first kappa shape index (κ1) is 32.9. The van der Waals surface area contributed by atoms with Gasteiger partial charge in [0.2, 0.25) is 0 Å². The van der Waals surface area contributed by atoms with E-state index >= 15 is 0 Å². The van der Waals surface area contributed by atoms with Crippen molar-refractivity contribution in [2.75, 3.05) is 0 Å². The molecule has 0 saturated carbocycles. The highest BCUT2D eigenvalue weighted by Gasteiger charge is 2.20. The Morgan fingerprint density at radius 2 is 0.817 bits per heavy atom. The number of benzene rings is 10. The Morgan fingerprint density at radius 1 is 0.300 bits per heavy atom. The zero-order valence-electron chi connectivity index (χ0n) is 32.4. The van der Waals surface area contributed by atoms with Crippen LogP contribution in [0, 0.1) is 0 Å². The maximum atomic E-state index is 5.05. The highest BCUT2D eigenvalue weighted by molar-refractivity contribution is 6.18. The van der Waals surface area contributed by atoms with Crippen molar-refractivity contribution in [3.8, 4) is 33.6 Å². The molecule has 0 unspecified atom stereocenters. The summed E-state index contributed by atoms with van der Waals surface area (Å²) in [6.07, 6.45) is 3.63. The van der Waals surface area contributed by atoms with E-state index in [2.05, 4.69) is 203 Å². The van der Waals surface area contributed by atoms with Crippen molar-refractivity contribution in [1.29, 1.82) is 0 Å². The minimum atomic E-state index is 0.881. The molecule has 4 heteroatoms. The average Bonchev–Trinajstić information content (AvgIpc) is 3.80. The van der Waals surface area contributed by atoms with Gasteiger partial charge in [-0.1, -0.05) is 140 Å². The molecule has 0 fully saturated rings. The number of nitrogens with zero attached hydrogens (tertiary/aromatic N) is 4. The Balaban J connectivity index is 1.02. The van der Waals surface area contributed by atoms with E-state index in [-0.39, 0.29) is 0 Å². The molecule has 0 spiro atoms. The minimum Gasteiger partial charge on any atom is -0.309 e. The second kappa shape index (κ2) is 12.7. The first-order valence-electron chi connectivity index (χ1n) is 20.5. The third-order valence-electron chi connectivity index (χ3n) is 12.6. The zero-order valence-corrected chi connectivity index (χ0v) is 32.4. The predicted molar refractivity (Wildman–Crippen MR) is 252 cm³/mol. The summed E-state index contributed by atoms with van der Waals surface area (Å²) < 4.78 is 4.84. The van der Waals surface area contributed by atoms with E-state index < -0.39 is 0 Å². The normalized spacial score (nSPS) is 12.0. The summed E-state index contributed by atoms with van der Waals surface area (Å²) in [5.41, 5.74) is 13.1. The second-order valence-electron chi connectivity index (χ2n) is 15.8. The van der Waals surface area contributed by atoms with Gasteiger partial charge >= 0.3 is 0 Å². The minimum absolute atomic E-state index is 0.881. The predicted octanol–water partition coefficient (Wildman–Crippen LogP) is 14.6. The summed E-state index contributed by atoms with van der Waals surface area (Å²) in [6.45, 7) is 0. The SMILES string of the molecule is c1ccc(-n2c3ccccc3c3ccc(-c4ccc(-c5ccc(-n6c7cc8ccccc8cc7c7cc8ccccc8cc76)c6ccccc56)c5nccnc45)cc32)cc1. The van der Waals surface area contributed by atoms with Crippen molar-refractivity contribution >= 4 is 87.0 Å². The number of para-hydroxylation sites is 2. The maximum absolute atomic E-state index is 5.05. The van der Waals surface area contributed by atoms with E-state index in [1.54, 1.807) is 0 Å². The molecule has 0 aliphatic heterocycles. The smallest absolute Gasteiger partial charge is 0.0971 e. The summed E-state index contributed by atoms with van der Waals surface area (Å²) in [7, 11) is 0. The Hall–Kier alpha value is -8.08. The van der Waals surface area contributed by atoms with Crippen molar-refractivity contribution < 1.29 is 0 Å². The molecule has 3 heterocycles. The second-order valence-corrected chi connectivity index (χ2v) is 15.8. The van der Waals surface area contributed by atoms with Gasteiger partial charge in [-0.25, -0.2) is 0 Å². The Bertz CT molecular complexity index is 3800. The molecule has 0 radical (unpaired) electrons. The molecular weight excluding hydrogens is 729 g/mol. The molecule has 3 aromatic heterocycles. The lowest BCUT2D eigenvalue weighted by atomic mass is 9.93. The monoisotopic (exact) mass is 762 g/mol. The van der Waals surface area contributed by atoms with Crippen LogP contribution in [0.3, 0.4) is 0 Å². The van der Waals surface area contributed by atoms with Crippen molar-refractivity contribution in [1.82, 2.24) is 19.1 Å². The summed E-state index contributed by atoms with van der Waals surface area (Å²) in [5, 5.41) is 12.2. The Kier molecular flexibility index (Phi) is 6.98. The molecule has 0 aliphatic carbocycles. The summed E-state index contributed by atoms with van der Waals surface area (Å²) in [6, 6.07) is 70.7. The van der Waals surface area contributed by atoms with E-state index in [0.717, 1.165) is 50.2 Å². The number of hydrogen-bond acceptors (Lipinski definition) is 2. The molecule has 60 heavy (non-hydrogen) atoms. The van der Waals surface area contributed by atoms with Gasteiger partial charge in [0.25, 0.3) is 0 Å². The van der Waals surface area contributed by atoms with Crippen LogP contribution < -0.4 is 0 Å². The molecule has 13 aromatic rings. The van der Waals surface area contributed by atoms with Crippen LogP contribution in [0.2, 0.25) is 0 Å². The topological polar surface area (TPSA) is 35.6 Å². The first-order chi connectivity index (χ1) is 29.8. The Morgan fingerprint density at radius 3 is 1.52 bits per heavy atom. The largest absolute Gasteiger partial charge is 0.309 e. The molecule has 13 rings (SSSR count). The standard InChI is InChI=1S/C56H34N4/c1-2-16-40(17-3-1)59-50-21-11-10-20-45(50)46-23-22-39(34-52(46)59)41-24-25-47(56-55(41)57-28-29-58-56)43-26-27-51(44-19-9-8-18-42(43)44)60-53-32-37-14-6-4-12-35(37)30-48(53)49-31-36-13-5-7-15-38(36)33-54(49)60/h1-34H. The molecule has 0 bridgehead atoms. The third kappa shape index (κ3) is 4.79. The van der Waals surface area contributed by atoms with E-state index in [4.69, 9.17) is 9.97 Å². The maximum Gasteiger partial charge on any atom is 0.0971 e. The lowest BCUT2D eigenvalue weighted by Gasteiger charge is -2.17. The molecule has 4 nitrogen and oxygen atoms in total. The van der Waals surface area contributed by atoms with Crippen molar-refractivity contribution in [2.24, 2.45) is 0 Å². The third-order valence-corrected chi connectivity index (χ3v) is 12.6. The number of hydrogen-bond donors (Lipinski definition) is 0. The van der Waals surface area contributed by atoms with Gasteiger partial charge in [-0.3, -0.25) is 9.97 Å². The van der Waals surface area contributed by atoms with Crippen LogP contribution in [0.4, 0.5) is 0 Å². The molecule has 0 aliphatic rings. The van der Waals surface area contributed by atoms with E-state index in [1.165, 1.54) is 70.4 Å². The van der Waals surface area contributed by atoms with E-state index in [0.29, 0.717) is 0 Å². The van der Waals surface area contributed by atoms with Gasteiger partial charge in [-0.15, -0.1) is 0 Å². The fourth-order valence-electron chi connectivity index (χ4n) is 9.86. The summed E-state index contributed by atoms with van der Waals surface area (Å²) in [5.74, 6) is 0. The molecule has 0 amide bonds. The van der Waals surface area contributed by atoms with Gasteiger partial charge in [0.15, 0.2) is 0 Å². The fraction of sp³-hybridized carbons (Fsp3) is 0. The van der Waals surface area contributed by atoms with Gasteiger partial charge < -0.3 is 9.13 Å². The molecule has 10 aromatic carbocycles. The van der Waals surface area contributed by atoms with E-state index in [1.807, 2.05) is 12.4 Å². The molecule has 0 atom stereocenters. The number of rotatable bonds is 4. The van der Waals surface area contributed by atoms with Crippen LogP contribution >= 0.6 is 0 Å². The van der Waals surface area contributed by atoms with Gasteiger partial charge in [0, 0.05) is 56.1 Å². The first-order valence-corrected chi connectivity index (χ1v) is 20.5. The van der Waals surface area contributed by atoms with Crippen molar-refractivity contribution in [3.63, 3.8) is 0 Å². The van der Waals surface area contributed by atoms with Crippen LogP contribution in [0.1, 0.15) is 0 Å². The van der Waals surface area contributed by atoms with Crippen LogP contribution in [0.15, 0.2) is 207 Å². The van der Waals surface area contributed by atoms with Gasteiger partial charge in [-0.2, -0.15) is 0 Å². The van der Waals surface area contributed by atoms with Crippen LogP contribution in [-0.4, -0.2) is 19.1 Å². The van der Waals surface area contributed by atoms with Gasteiger partial charge in [-0.05, 0) is 92.7 Å². The quantitative estimate of drug-likeness (QED) is 0.179. The average molecular weight is 763 g/mol. The van der Waals surface area contributed by atoms with Crippen LogP contribution in [0.25, 0.3) is 121 Å². The van der Waals surface area contributed by atoms with Crippen LogP contribution in [-0.2, 0) is 0 Å². The molecule has 0 N–H and O–H groups in total. The summed E-state index contributed by atoms with van der Waals surface area (Å²) >= 11 is 0. The highest BCUT2D eigenvalue weighted by Crippen LogP contribution is 2.43. The highest BCUT2D eigenvalue weighted by atomic mass is 15.0. The number of fused-ring (bicyclic) bond motifs is 10. The fourth-order valence-corrected chi connectivity index (χ4v) is 9.86. The lowest BCUT2D eigenvalue weighted by Crippen LogP contribution is -1.97. The molecule has 0 saturated heterocycles. The van der Waals surface area contributed by atoms with Crippen LogP contribution in [0.5, 0.6) is 0 Å². The molecule has 278 valence electrons. The van der Waals surface area contributed by atoms with E-state index in [9.17, 15) is 0 Å². The molecular formula is C56H34N4. The van der Waals surface area contributed by atoms with Gasteiger partial charge in [0.05, 0.1) is 38.8 Å². The summed E-state index contributed by atoms with van der Waals surface area (Å²) in [4.78, 5) is 10.1. The van der Waals surface area contributed by atoms with Crippen molar-refractivity contribution in [2.45, 2.75) is 0 Å².